The number of alkyl halides is 3. The van der Waals surface area contributed by atoms with E-state index >= 15 is 0 Å². The largest absolute Gasteiger partial charge is 0.416 e. The van der Waals surface area contributed by atoms with Crippen LogP contribution in [0.15, 0.2) is 24.3 Å². The fraction of sp³-hybridized carbons (Fsp3) is 0.333. The molecule has 1 saturated carbocycles. The van der Waals surface area contributed by atoms with Gasteiger partial charge < -0.3 is 16.6 Å². The molecule has 0 saturated heterocycles. The number of nitrogens with two attached hydrogens (primary N) is 2. The number of aromatic nitrogens is 2. The fourth-order valence-electron chi connectivity index (χ4n) is 2.93. The number of anilines is 2. The number of aliphatic hydroxyl groups is 1. The van der Waals surface area contributed by atoms with Crippen molar-refractivity contribution in [3.63, 3.8) is 0 Å². The summed E-state index contributed by atoms with van der Waals surface area (Å²) in [5.74, 6) is 5.32. The molecule has 1 fully saturated rings. The van der Waals surface area contributed by atoms with Crippen LogP contribution in [0.1, 0.15) is 36.8 Å². The smallest absolute Gasteiger partial charge is 0.382 e. The van der Waals surface area contributed by atoms with Crippen molar-refractivity contribution in [1.29, 1.82) is 0 Å². The molecule has 136 valence electrons. The second-order valence-electron chi connectivity index (χ2n) is 6.26. The summed E-state index contributed by atoms with van der Waals surface area (Å²) in [5, 5.41) is 10.4. The average Bonchev–Trinajstić information content (AvgIpc) is 3.00. The van der Waals surface area contributed by atoms with Gasteiger partial charge in [0.15, 0.2) is 0 Å². The van der Waals surface area contributed by atoms with Crippen molar-refractivity contribution in [2.75, 3.05) is 11.5 Å². The van der Waals surface area contributed by atoms with E-state index in [9.17, 15) is 18.3 Å². The predicted molar refractivity (Wildman–Crippen MR) is 91.6 cm³/mol. The SMILES string of the molecule is Nc1nc(N)c(C#CC2(O)CCCC2)c(-c2cccc(C(F)(F)F)c2)n1. The average molecular weight is 362 g/mol. The van der Waals surface area contributed by atoms with Crippen LogP contribution in [0.3, 0.4) is 0 Å². The lowest BCUT2D eigenvalue weighted by Crippen LogP contribution is -2.21. The molecule has 2 aromatic rings. The Bertz CT molecular complexity index is 894. The molecule has 0 aliphatic heterocycles. The number of nitrogens with zero attached hydrogens (tertiary/aromatic N) is 2. The van der Waals surface area contributed by atoms with Gasteiger partial charge in [-0.05, 0) is 37.8 Å². The first-order valence-corrected chi connectivity index (χ1v) is 8.04. The second kappa shape index (κ2) is 6.50. The van der Waals surface area contributed by atoms with Crippen LogP contribution in [-0.2, 0) is 6.18 Å². The number of nitrogen functional groups attached to an aromatic ring is 2. The van der Waals surface area contributed by atoms with Gasteiger partial charge in [0.1, 0.15) is 11.4 Å². The van der Waals surface area contributed by atoms with Gasteiger partial charge in [0, 0.05) is 5.56 Å². The predicted octanol–water partition coefficient (Wildman–Crippen LogP) is 2.98. The first kappa shape index (κ1) is 18.0. The van der Waals surface area contributed by atoms with Crippen LogP contribution < -0.4 is 11.5 Å². The Morgan fingerprint density at radius 2 is 1.81 bits per heavy atom. The summed E-state index contributed by atoms with van der Waals surface area (Å²) >= 11 is 0. The molecule has 1 aliphatic carbocycles. The minimum atomic E-state index is -4.50. The Kier molecular flexibility index (Phi) is 4.50. The molecule has 0 spiro atoms. The van der Waals surface area contributed by atoms with Crippen LogP contribution in [0.4, 0.5) is 24.9 Å². The third kappa shape index (κ3) is 3.73. The summed E-state index contributed by atoms with van der Waals surface area (Å²) in [6.45, 7) is 0. The molecule has 0 unspecified atom stereocenters. The summed E-state index contributed by atoms with van der Waals surface area (Å²) < 4.78 is 39.0. The summed E-state index contributed by atoms with van der Waals surface area (Å²) in [6, 6.07) is 4.65. The highest BCUT2D eigenvalue weighted by Gasteiger charge is 2.31. The van der Waals surface area contributed by atoms with Crippen molar-refractivity contribution < 1.29 is 18.3 Å². The fourth-order valence-corrected chi connectivity index (χ4v) is 2.93. The number of benzene rings is 1. The zero-order valence-corrected chi connectivity index (χ0v) is 13.8. The maximum absolute atomic E-state index is 13.0. The van der Waals surface area contributed by atoms with E-state index in [0.717, 1.165) is 25.0 Å². The Labute approximate surface area is 148 Å². The van der Waals surface area contributed by atoms with Crippen LogP contribution in [0.2, 0.25) is 0 Å². The maximum Gasteiger partial charge on any atom is 0.416 e. The number of halogens is 3. The minimum absolute atomic E-state index is 0.0426. The Morgan fingerprint density at radius 3 is 2.46 bits per heavy atom. The molecule has 1 aromatic heterocycles. The van der Waals surface area contributed by atoms with Crippen LogP contribution in [0, 0.1) is 11.8 Å². The van der Waals surface area contributed by atoms with Crippen molar-refractivity contribution >= 4 is 11.8 Å². The molecule has 1 aliphatic rings. The van der Waals surface area contributed by atoms with Crippen LogP contribution >= 0.6 is 0 Å². The molecule has 0 bridgehead atoms. The summed E-state index contributed by atoms with van der Waals surface area (Å²) in [5.41, 5.74) is 9.97. The lowest BCUT2D eigenvalue weighted by molar-refractivity contribution is -0.137. The van der Waals surface area contributed by atoms with E-state index in [-0.39, 0.29) is 28.6 Å². The molecule has 5 N–H and O–H groups in total. The van der Waals surface area contributed by atoms with E-state index in [2.05, 4.69) is 21.8 Å². The van der Waals surface area contributed by atoms with Crippen LogP contribution in [0.5, 0.6) is 0 Å². The molecule has 1 heterocycles. The van der Waals surface area contributed by atoms with E-state index in [1.54, 1.807) is 0 Å². The van der Waals surface area contributed by atoms with Crippen molar-refractivity contribution in [3.05, 3.63) is 35.4 Å². The molecule has 1 aromatic carbocycles. The van der Waals surface area contributed by atoms with Crippen molar-refractivity contribution in [2.24, 2.45) is 0 Å². The van der Waals surface area contributed by atoms with Gasteiger partial charge in [-0.1, -0.05) is 24.0 Å². The van der Waals surface area contributed by atoms with Gasteiger partial charge in [-0.3, -0.25) is 0 Å². The molecule has 26 heavy (non-hydrogen) atoms. The van der Waals surface area contributed by atoms with Gasteiger partial charge in [-0.25, -0.2) is 4.98 Å². The van der Waals surface area contributed by atoms with Crippen LogP contribution in [0.25, 0.3) is 11.3 Å². The highest BCUT2D eigenvalue weighted by Crippen LogP contribution is 2.34. The second-order valence-corrected chi connectivity index (χ2v) is 6.26. The third-order valence-electron chi connectivity index (χ3n) is 4.27. The van der Waals surface area contributed by atoms with Gasteiger partial charge in [0.2, 0.25) is 5.95 Å². The molecule has 5 nitrogen and oxygen atoms in total. The summed E-state index contributed by atoms with van der Waals surface area (Å²) in [6.07, 6.45) is -1.70. The monoisotopic (exact) mass is 362 g/mol. The molecule has 0 radical (unpaired) electrons. The quantitative estimate of drug-likeness (QED) is 0.678. The Hall–Kier alpha value is -2.79. The lowest BCUT2D eigenvalue weighted by Gasteiger charge is -2.14. The topological polar surface area (TPSA) is 98.0 Å². The van der Waals surface area contributed by atoms with Gasteiger partial charge >= 0.3 is 6.18 Å². The third-order valence-corrected chi connectivity index (χ3v) is 4.27. The minimum Gasteiger partial charge on any atom is -0.382 e. The summed E-state index contributed by atoms with van der Waals surface area (Å²) in [4.78, 5) is 7.87. The standard InChI is InChI=1S/C18H17F3N4O/c19-18(20,21)12-5-3-4-11(10-12)14-13(15(22)25-16(23)24-14)6-9-17(26)7-1-2-8-17/h3-5,10,26H,1-2,7-8H2,(H4,22,23,24,25). The first-order chi connectivity index (χ1) is 12.2. The zero-order valence-electron chi connectivity index (χ0n) is 13.8. The van der Waals surface area contributed by atoms with Gasteiger partial charge in [-0.15, -0.1) is 0 Å². The molecule has 0 atom stereocenters. The maximum atomic E-state index is 13.0. The number of hydrogen-bond donors (Lipinski definition) is 3. The van der Waals surface area contributed by atoms with Gasteiger partial charge in [0.05, 0.1) is 16.8 Å². The molecular weight excluding hydrogens is 345 g/mol. The van der Waals surface area contributed by atoms with Gasteiger partial charge in [0.25, 0.3) is 0 Å². The van der Waals surface area contributed by atoms with Crippen molar-refractivity contribution in [1.82, 2.24) is 9.97 Å². The Balaban J connectivity index is 2.12. The molecule has 8 heteroatoms. The van der Waals surface area contributed by atoms with E-state index in [1.807, 2.05) is 0 Å². The van der Waals surface area contributed by atoms with E-state index in [1.165, 1.54) is 12.1 Å². The molecule has 0 amide bonds. The van der Waals surface area contributed by atoms with E-state index < -0.39 is 17.3 Å². The normalized spacial score (nSPS) is 16.2. The number of hydrogen-bond acceptors (Lipinski definition) is 5. The number of rotatable bonds is 1. The van der Waals surface area contributed by atoms with Crippen LogP contribution in [-0.4, -0.2) is 20.7 Å². The van der Waals surface area contributed by atoms with E-state index in [0.29, 0.717) is 12.8 Å². The van der Waals surface area contributed by atoms with E-state index in [4.69, 9.17) is 11.5 Å². The highest BCUT2D eigenvalue weighted by atomic mass is 19.4. The van der Waals surface area contributed by atoms with Crippen molar-refractivity contribution in [3.8, 4) is 23.1 Å². The van der Waals surface area contributed by atoms with Crippen molar-refractivity contribution in [2.45, 2.75) is 37.5 Å². The highest BCUT2D eigenvalue weighted by molar-refractivity contribution is 5.74. The zero-order chi connectivity index (χ0) is 18.9. The summed E-state index contributed by atoms with van der Waals surface area (Å²) in [7, 11) is 0. The Morgan fingerprint density at radius 1 is 1.12 bits per heavy atom. The molecule has 3 rings (SSSR count). The first-order valence-electron chi connectivity index (χ1n) is 8.04. The lowest BCUT2D eigenvalue weighted by atomic mass is 10.0. The molecular formula is C18H17F3N4O. The van der Waals surface area contributed by atoms with Gasteiger partial charge in [-0.2, -0.15) is 18.2 Å².